The Morgan fingerprint density at radius 2 is 2.00 bits per heavy atom. The van der Waals surface area contributed by atoms with E-state index in [1.807, 2.05) is 18.2 Å². The number of aryl methyl sites for hydroxylation is 1. The molecule has 0 saturated heterocycles. The molecule has 0 atom stereocenters. The molecule has 3 heteroatoms. The average molecular weight is 192 g/mol. The fraction of sp³-hybridized carbons (Fsp3) is 0.364. The molecule has 1 amide bonds. The molecule has 0 aliphatic rings. The number of carbonyl (C=O) groups is 1. The van der Waals surface area contributed by atoms with E-state index in [-0.39, 0.29) is 5.91 Å². The predicted molar refractivity (Wildman–Crippen MR) is 56.3 cm³/mol. The van der Waals surface area contributed by atoms with Crippen LogP contribution in [0.15, 0.2) is 30.3 Å². The smallest absolute Gasteiger partial charge is 0.236 e. The molecule has 14 heavy (non-hydrogen) atoms. The highest BCUT2D eigenvalue weighted by molar-refractivity contribution is 5.75. The quantitative estimate of drug-likeness (QED) is 0.444. The standard InChI is InChI=1S/C11H16N2O/c1-13(12)11(14)9-5-8-10-6-3-2-4-7-10/h2-4,6-7H,5,8-9,12H2,1H3. The average Bonchev–Trinajstić information content (AvgIpc) is 2.19. The van der Waals surface area contributed by atoms with Crippen molar-refractivity contribution in [2.24, 2.45) is 5.84 Å². The van der Waals surface area contributed by atoms with E-state index in [0.29, 0.717) is 6.42 Å². The van der Waals surface area contributed by atoms with Crippen molar-refractivity contribution in [3.8, 4) is 0 Å². The number of benzene rings is 1. The topological polar surface area (TPSA) is 46.3 Å². The summed E-state index contributed by atoms with van der Waals surface area (Å²) in [5, 5.41) is 1.14. The SMILES string of the molecule is CN(N)C(=O)CCCc1ccccc1. The van der Waals surface area contributed by atoms with Crippen LogP contribution in [0.3, 0.4) is 0 Å². The lowest BCUT2D eigenvalue weighted by atomic mass is 10.1. The molecule has 0 unspecified atom stereocenters. The van der Waals surface area contributed by atoms with Crippen molar-refractivity contribution in [3.63, 3.8) is 0 Å². The van der Waals surface area contributed by atoms with Gasteiger partial charge in [0, 0.05) is 13.5 Å². The van der Waals surface area contributed by atoms with Crippen molar-refractivity contribution >= 4 is 5.91 Å². The molecule has 1 rings (SSSR count). The number of nitrogens with zero attached hydrogens (tertiary/aromatic N) is 1. The zero-order valence-electron chi connectivity index (χ0n) is 8.44. The molecule has 0 heterocycles. The summed E-state index contributed by atoms with van der Waals surface area (Å²) >= 11 is 0. The Balaban J connectivity index is 2.26. The van der Waals surface area contributed by atoms with Gasteiger partial charge in [0.15, 0.2) is 0 Å². The molecule has 0 bridgehead atoms. The lowest BCUT2D eigenvalue weighted by molar-refractivity contribution is -0.130. The molecule has 0 spiro atoms. The number of carbonyl (C=O) groups excluding carboxylic acids is 1. The fourth-order valence-corrected chi connectivity index (χ4v) is 1.26. The molecular weight excluding hydrogens is 176 g/mol. The summed E-state index contributed by atoms with van der Waals surface area (Å²) in [5.74, 6) is 5.29. The normalized spacial score (nSPS) is 9.86. The maximum atomic E-state index is 11.1. The van der Waals surface area contributed by atoms with Crippen LogP contribution in [0.1, 0.15) is 18.4 Å². The van der Waals surface area contributed by atoms with Gasteiger partial charge in [0.2, 0.25) is 5.91 Å². The third-order valence-corrected chi connectivity index (χ3v) is 2.09. The summed E-state index contributed by atoms with van der Waals surface area (Å²) in [5.41, 5.74) is 1.26. The second kappa shape index (κ2) is 5.40. The molecule has 1 aromatic rings. The van der Waals surface area contributed by atoms with Gasteiger partial charge < -0.3 is 0 Å². The molecule has 0 saturated carbocycles. The lowest BCUT2D eigenvalue weighted by Crippen LogP contribution is -2.32. The van der Waals surface area contributed by atoms with Gasteiger partial charge in [-0.2, -0.15) is 0 Å². The molecule has 0 radical (unpaired) electrons. The number of amides is 1. The molecule has 0 aromatic heterocycles. The lowest BCUT2D eigenvalue weighted by Gasteiger charge is -2.09. The van der Waals surface area contributed by atoms with Crippen LogP contribution in [-0.2, 0) is 11.2 Å². The summed E-state index contributed by atoms with van der Waals surface area (Å²) in [6, 6.07) is 10.1. The fourth-order valence-electron chi connectivity index (χ4n) is 1.26. The van der Waals surface area contributed by atoms with E-state index in [0.717, 1.165) is 17.9 Å². The van der Waals surface area contributed by atoms with E-state index in [1.54, 1.807) is 7.05 Å². The maximum absolute atomic E-state index is 11.1. The van der Waals surface area contributed by atoms with Gasteiger partial charge in [-0.3, -0.25) is 9.80 Å². The Morgan fingerprint density at radius 3 is 2.57 bits per heavy atom. The van der Waals surface area contributed by atoms with E-state index in [9.17, 15) is 4.79 Å². The van der Waals surface area contributed by atoms with Gasteiger partial charge in [0.05, 0.1) is 0 Å². The molecular formula is C11H16N2O. The molecule has 76 valence electrons. The summed E-state index contributed by atoms with van der Waals surface area (Å²) in [4.78, 5) is 11.1. The van der Waals surface area contributed by atoms with E-state index in [1.165, 1.54) is 5.56 Å². The maximum Gasteiger partial charge on any atom is 0.236 e. The van der Waals surface area contributed by atoms with Crippen molar-refractivity contribution in [1.29, 1.82) is 0 Å². The molecule has 1 aromatic carbocycles. The van der Waals surface area contributed by atoms with Gasteiger partial charge in [-0.15, -0.1) is 0 Å². The highest BCUT2D eigenvalue weighted by Crippen LogP contribution is 2.04. The molecule has 2 N–H and O–H groups in total. The minimum absolute atomic E-state index is 0.0130. The monoisotopic (exact) mass is 192 g/mol. The Labute approximate surface area is 84.5 Å². The first-order valence-corrected chi connectivity index (χ1v) is 4.75. The predicted octanol–water partition coefficient (Wildman–Crippen LogP) is 1.34. The number of rotatable bonds is 4. The zero-order chi connectivity index (χ0) is 10.4. The van der Waals surface area contributed by atoms with Gasteiger partial charge in [-0.25, -0.2) is 5.84 Å². The second-order valence-corrected chi connectivity index (χ2v) is 3.34. The van der Waals surface area contributed by atoms with Gasteiger partial charge in [-0.05, 0) is 18.4 Å². The van der Waals surface area contributed by atoms with Crippen LogP contribution in [0.2, 0.25) is 0 Å². The minimum atomic E-state index is -0.0130. The van der Waals surface area contributed by atoms with Crippen LogP contribution in [-0.4, -0.2) is 18.0 Å². The van der Waals surface area contributed by atoms with E-state index in [2.05, 4.69) is 12.1 Å². The zero-order valence-corrected chi connectivity index (χ0v) is 8.44. The van der Waals surface area contributed by atoms with Crippen LogP contribution >= 0.6 is 0 Å². The number of hydrogen-bond acceptors (Lipinski definition) is 2. The van der Waals surface area contributed by atoms with E-state index in [4.69, 9.17) is 5.84 Å². The minimum Gasteiger partial charge on any atom is -0.284 e. The van der Waals surface area contributed by atoms with Crippen LogP contribution in [0.25, 0.3) is 0 Å². The van der Waals surface area contributed by atoms with E-state index >= 15 is 0 Å². The second-order valence-electron chi connectivity index (χ2n) is 3.34. The first-order valence-electron chi connectivity index (χ1n) is 4.75. The van der Waals surface area contributed by atoms with Crippen molar-refractivity contribution < 1.29 is 4.79 Å². The summed E-state index contributed by atoms with van der Waals surface area (Å²) in [6.07, 6.45) is 2.30. The van der Waals surface area contributed by atoms with Gasteiger partial charge in [-0.1, -0.05) is 30.3 Å². The van der Waals surface area contributed by atoms with Crippen molar-refractivity contribution in [2.75, 3.05) is 7.05 Å². The Bertz CT molecular complexity index is 283. The van der Waals surface area contributed by atoms with Crippen molar-refractivity contribution in [3.05, 3.63) is 35.9 Å². The van der Waals surface area contributed by atoms with Gasteiger partial charge in [0.25, 0.3) is 0 Å². The largest absolute Gasteiger partial charge is 0.284 e. The molecule has 3 nitrogen and oxygen atoms in total. The van der Waals surface area contributed by atoms with Crippen molar-refractivity contribution in [2.45, 2.75) is 19.3 Å². The van der Waals surface area contributed by atoms with Crippen LogP contribution in [0.4, 0.5) is 0 Å². The Hall–Kier alpha value is -1.35. The van der Waals surface area contributed by atoms with Crippen LogP contribution in [0.5, 0.6) is 0 Å². The van der Waals surface area contributed by atoms with Crippen LogP contribution < -0.4 is 5.84 Å². The third kappa shape index (κ3) is 3.58. The first kappa shape index (κ1) is 10.7. The first-order chi connectivity index (χ1) is 6.70. The summed E-state index contributed by atoms with van der Waals surface area (Å²) in [6.45, 7) is 0. The highest BCUT2D eigenvalue weighted by atomic mass is 16.2. The number of hydrazine groups is 1. The van der Waals surface area contributed by atoms with Crippen molar-refractivity contribution in [1.82, 2.24) is 5.01 Å². The number of hydrogen-bond donors (Lipinski definition) is 1. The number of nitrogens with two attached hydrogens (primary N) is 1. The third-order valence-electron chi connectivity index (χ3n) is 2.09. The molecule has 0 aliphatic carbocycles. The van der Waals surface area contributed by atoms with E-state index < -0.39 is 0 Å². The Morgan fingerprint density at radius 1 is 1.36 bits per heavy atom. The Kier molecular flexibility index (Phi) is 4.13. The van der Waals surface area contributed by atoms with Gasteiger partial charge >= 0.3 is 0 Å². The highest BCUT2D eigenvalue weighted by Gasteiger charge is 2.03. The summed E-state index contributed by atoms with van der Waals surface area (Å²) < 4.78 is 0. The van der Waals surface area contributed by atoms with Gasteiger partial charge in [0.1, 0.15) is 0 Å². The summed E-state index contributed by atoms with van der Waals surface area (Å²) in [7, 11) is 1.57. The molecule has 0 aliphatic heterocycles. The van der Waals surface area contributed by atoms with Crippen LogP contribution in [0, 0.1) is 0 Å². The molecule has 0 fully saturated rings.